The van der Waals surface area contributed by atoms with Crippen molar-refractivity contribution in [1.82, 2.24) is 5.32 Å². The minimum absolute atomic E-state index is 0.147. The third-order valence-corrected chi connectivity index (χ3v) is 3.21. The van der Waals surface area contributed by atoms with Crippen molar-refractivity contribution < 1.29 is 9.53 Å². The van der Waals surface area contributed by atoms with E-state index in [0.29, 0.717) is 31.0 Å². The monoisotopic (exact) mass is 284 g/mol. The number of amides is 1. The Kier molecular flexibility index (Phi) is 5.35. The second kappa shape index (κ2) is 7.45. The predicted octanol–water partition coefficient (Wildman–Crippen LogP) is 2.47. The largest absolute Gasteiger partial charge is 0.493 e. The summed E-state index contributed by atoms with van der Waals surface area (Å²) in [5.74, 6) is 0.454. The molecule has 0 aliphatic rings. The number of para-hydroxylation sites is 1. The molecule has 110 valence electrons. The van der Waals surface area contributed by atoms with E-state index in [1.807, 2.05) is 43.3 Å². The van der Waals surface area contributed by atoms with E-state index >= 15 is 0 Å². The first-order valence-electron chi connectivity index (χ1n) is 7.03. The van der Waals surface area contributed by atoms with Crippen LogP contribution in [-0.2, 0) is 13.1 Å². The second-order valence-electron chi connectivity index (χ2n) is 4.58. The number of nitrogens with two attached hydrogens (primary N) is 1. The molecule has 4 heteroatoms. The Labute approximate surface area is 124 Å². The lowest BCUT2D eigenvalue weighted by molar-refractivity contribution is 0.0947. The molecule has 3 N–H and O–H groups in total. The Morgan fingerprint density at radius 1 is 1.10 bits per heavy atom. The van der Waals surface area contributed by atoms with Crippen LogP contribution in [0, 0.1) is 0 Å². The van der Waals surface area contributed by atoms with Gasteiger partial charge in [-0.3, -0.25) is 4.79 Å². The zero-order valence-electron chi connectivity index (χ0n) is 12.1. The Hall–Kier alpha value is -2.33. The molecule has 0 unspecified atom stereocenters. The molecule has 0 saturated heterocycles. The van der Waals surface area contributed by atoms with Crippen molar-refractivity contribution in [2.45, 2.75) is 20.0 Å². The summed E-state index contributed by atoms with van der Waals surface area (Å²) in [6, 6.07) is 15.1. The fourth-order valence-corrected chi connectivity index (χ4v) is 2.14. The SMILES string of the molecule is CCOc1ccccc1C(=O)NCc1ccccc1CN. The summed E-state index contributed by atoms with van der Waals surface area (Å²) >= 11 is 0. The Bertz CT molecular complexity index is 611. The lowest BCUT2D eigenvalue weighted by atomic mass is 10.1. The van der Waals surface area contributed by atoms with Crippen molar-refractivity contribution in [3.8, 4) is 5.75 Å². The van der Waals surface area contributed by atoms with Crippen LogP contribution in [0.25, 0.3) is 0 Å². The minimum Gasteiger partial charge on any atom is -0.493 e. The van der Waals surface area contributed by atoms with Crippen molar-refractivity contribution in [3.05, 3.63) is 65.2 Å². The third-order valence-electron chi connectivity index (χ3n) is 3.21. The molecule has 0 aliphatic carbocycles. The molecule has 2 rings (SSSR count). The molecular weight excluding hydrogens is 264 g/mol. The molecule has 21 heavy (non-hydrogen) atoms. The first-order chi connectivity index (χ1) is 10.3. The summed E-state index contributed by atoms with van der Waals surface area (Å²) in [4.78, 5) is 12.3. The normalized spacial score (nSPS) is 10.2. The van der Waals surface area contributed by atoms with Gasteiger partial charge in [0, 0.05) is 13.1 Å². The number of ether oxygens (including phenoxy) is 1. The van der Waals surface area contributed by atoms with Gasteiger partial charge in [-0.1, -0.05) is 36.4 Å². The number of hydrogen-bond donors (Lipinski definition) is 2. The van der Waals surface area contributed by atoms with Gasteiger partial charge < -0.3 is 15.8 Å². The molecule has 0 fully saturated rings. The van der Waals surface area contributed by atoms with Crippen molar-refractivity contribution in [1.29, 1.82) is 0 Å². The molecule has 0 aromatic heterocycles. The zero-order valence-corrected chi connectivity index (χ0v) is 12.1. The predicted molar refractivity (Wildman–Crippen MR) is 83.1 cm³/mol. The van der Waals surface area contributed by atoms with E-state index in [0.717, 1.165) is 11.1 Å². The number of carbonyl (C=O) groups excluding carboxylic acids is 1. The van der Waals surface area contributed by atoms with Gasteiger partial charge in [0.1, 0.15) is 5.75 Å². The Morgan fingerprint density at radius 3 is 2.48 bits per heavy atom. The molecule has 0 atom stereocenters. The van der Waals surface area contributed by atoms with Gasteiger partial charge in [0.05, 0.1) is 12.2 Å². The summed E-state index contributed by atoms with van der Waals surface area (Å²) in [7, 11) is 0. The molecule has 0 spiro atoms. The highest BCUT2D eigenvalue weighted by Crippen LogP contribution is 2.18. The van der Waals surface area contributed by atoms with E-state index in [9.17, 15) is 4.79 Å². The smallest absolute Gasteiger partial charge is 0.255 e. The van der Waals surface area contributed by atoms with Gasteiger partial charge in [0.25, 0.3) is 5.91 Å². The van der Waals surface area contributed by atoms with Crippen LogP contribution in [0.3, 0.4) is 0 Å². The number of benzene rings is 2. The summed E-state index contributed by atoms with van der Waals surface area (Å²) in [6.07, 6.45) is 0. The van der Waals surface area contributed by atoms with E-state index < -0.39 is 0 Å². The van der Waals surface area contributed by atoms with E-state index in [4.69, 9.17) is 10.5 Å². The van der Waals surface area contributed by atoms with Crippen molar-refractivity contribution >= 4 is 5.91 Å². The Balaban J connectivity index is 2.08. The van der Waals surface area contributed by atoms with Crippen molar-refractivity contribution in [3.63, 3.8) is 0 Å². The summed E-state index contributed by atoms with van der Waals surface area (Å²) in [5, 5.41) is 2.91. The third kappa shape index (κ3) is 3.83. The minimum atomic E-state index is -0.147. The van der Waals surface area contributed by atoms with Gasteiger partial charge in [0.2, 0.25) is 0 Å². The van der Waals surface area contributed by atoms with Crippen molar-refractivity contribution in [2.24, 2.45) is 5.73 Å². The molecular formula is C17H20N2O2. The van der Waals surface area contributed by atoms with Crippen LogP contribution in [-0.4, -0.2) is 12.5 Å². The van der Waals surface area contributed by atoms with E-state index in [-0.39, 0.29) is 5.91 Å². The highest BCUT2D eigenvalue weighted by Gasteiger charge is 2.11. The molecule has 0 radical (unpaired) electrons. The molecule has 0 heterocycles. The first-order valence-corrected chi connectivity index (χ1v) is 7.03. The number of rotatable bonds is 6. The standard InChI is InChI=1S/C17H20N2O2/c1-2-21-16-10-6-5-9-15(16)17(20)19-12-14-8-4-3-7-13(14)11-18/h3-10H,2,11-12,18H2,1H3,(H,19,20). The molecule has 0 bridgehead atoms. The van der Waals surface area contributed by atoms with Gasteiger partial charge in [-0.2, -0.15) is 0 Å². The van der Waals surface area contributed by atoms with E-state index in [1.165, 1.54) is 0 Å². The fraction of sp³-hybridized carbons (Fsp3) is 0.235. The summed E-state index contributed by atoms with van der Waals surface area (Å²) < 4.78 is 5.47. The van der Waals surface area contributed by atoms with Crippen LogP contribution in [0.2, 0.25) is 0 Å². The molecule has 4 nitrogen and oxygen atoms in total. The highest BCUT2D eigenvalue weighted by molar-refractivity contribution is 5.96. The fourth-order valence-electron chi connectivity index (χ4n) is 2.14. The Morgan fingerprint density at radius 2 is 1.76 bits per heavy atom. The lowest BCUT2D eigenvalue weighted by Gasteiger charge is -2.12. The first kappa shape index (κ1) is 15.1. The maximum atomic E-state index is 12.3. The average Bonchev–Trinajstić information content (AvgIpc) is 2.53. The second-order valence-corrected chi connectivity index (χ2v) is 4.58. The van der Waals surface area contributed by atoms with Gasteiger partial charge in [-0.25, -0.2) is 0 Å². The van der Waals surface area contributed by atoms with Crippen molar-refractivity contribution in [2.75, 3.05) is 6.61 Å². The average molecular weight is 284 g/mol. The molecule has 2 aromatic carbocycles. The van der Waals surface area contributed by atoms with Crippen LogP contribution >= 0.6 is 0 Å². The topological polar surface area (TPSA) is 64.3 Å². The molecule has 2 aromatic rings. The van der Waals surface area contributed by atoms with Crippen LogP contribution < -0.4 is 15.8 Å². The summed E-state index contributed by atoms with van der Waals surface area (Å²) in [6.45, 7) is 3.33. The van der Waals surface area contributed by atoms with Crippen LogP contribution in [0.5, 0.6) is 5.75 Å². The highest BCUT2D eigenvalue weighted by atomic mass is 16.5. The van der Waals surface area contributed by atoms with Crippen LogP contribution in [0.4, 0.5) is 0 Å². The molecule has 0 aliphatic heterocycles. The van der Waals surface area contributed by atoms with Crippen LogP contribution in [0.15, 0.2) is 48.5 Å². The van der Waals surface area contributed by atoms with Gasteiger partial charge in [0.15, 0.2) is 0 Å². The quantitative estimate of drug-likeness (QED) is 0.856. The van der Waals surface area contributed by atoms with Gasteiger partial charge >= 0.3 is 0 Å². The maximum absolute atomic E-state index is 12.3. The lowest BCUT2D eigenvalue weighted by Crippen LogP contribution is -2.24. The van der Waals surface area contributed by atoms with Gasteiger partial charge in [-0.15, -0.1) is 0 Å². The molecule has 1 amide bonds. The maximum Gasteiger partial charge on any atom is 0.255 e. The summed E-state index contributed by atoms with van der Waals surface area (Å²) in [5.41, 5.74) is 8.31. The number of hydrogen-bond acceptors (Lipinski definition) is 3. The van der Waals surface area contributed by atoms with Gasteiger partial charge in [-0.05, 0) is 30.2 Å². The van der Waals surface area contributed by atoms with Crippen LogP contribution in [0.1, 0.15) is 28.4 Å². The van der Waals surface area contributed by atoms with E-state index in [1.54, 1.807) is 12.1 Å². The number of carbonyl (C=O) groups is 1. The zero-order chi connectivity index (χ0) is 15.1. The molecule has 0 saturated carbocycles. The number of nitrogens with one attached hydrogen (secondary N) is 1. The van der Waals surface area contributed by atoms with E-state index in [2.05, 4.69) is 5.32 Å².